The number of rotatable bonds is 7. The van der Waals surface area contributed by atoms with E-state index in [4.69, 9.17) is 10.00 Å². The lowest BCUT2D eigenvalue weighted by atomic mass is 10.2. The van der Waals surface area contributed by atoms with Crippen LogP contribution in [0.2, 0.25) is 0 Å². The van der Waals surface area contributed by atoms with Crippen molar-refractivity contribution >= 4 is 34.4 Å². The number of ether oxygens (including phenoxy) is 1. The number of hydrogen-bond donors (Lipinski definition) is 1. The monoisotopic (exact) mass is 384 g/mol. The lowest BCUT2D eigenvalue weighted by molar-refractivity contribution is -0.116. The van der Waals surface area contributed by atoms with Crippen molar-refractivity contribution < 1.29 is 13.9 Å². The van der Waals surface area contributed by atoms with Crippen LogP contribution in [0, 0.1) is 17.1 Å². The van der Waals surface area contributed by atoms with E-state index in [0.29, 0.717) is 10.9 Å². The van der Waals surface area contributed by atoms with Crippen LogP contribution in [0.15, 0.2) is 47.6 Å². The van der Waals surface area contributed by atoms with Gasteiger partial charge in [-0.25, -0.2) is 9.37 Å². The number of nitrogens with zero attached hydrogens (tertiary/aromatic N) is 3. The van der Waals surface area contributed by atoms with Gasteiger partial charge in [0.05, 0.1) is 42.1 Å². The van der Waals surface area contributed by atoms with E-state index in [2.05, 4.69) is 9.97 Å². The second-order valence-electron chi connectivity index (χ2n) is 5.62. The first-order valence-corrected chi connectivity index (χ1v) is 9.19. The Morgan fingerprint density at radius 1 is 1.37 bits per heavy atom. The average Bonchev–Trinajstić information content (AvgIpc) is 3.09. The maximum atomic E-state index is 14.1. The Bertz CT molecular complexity index is 999. The zero-order valence-corrected chi connectivity index (χ0v) is 15.4. The highest BCUT2D eigenvalue weighted by molar-refractivity contribution is 7.99. The van der Waals surface area contributed by atoms with Crippen LogP contribution in [0.5, 0.6) is 5.75 Å². The van der Waals surface area contributed by atoms with Crippen LogP contribution in [-0.4, -0.2) is 35.3 Å². The highest BCUT2D eigenvalue weighted by Gasteiger charge is 2.19. The van der Waals surface area contributed by atoms with E-state index in [1.807, 2.05) is 24.3 Å². The first kappa shape index (κ1) is 18.7. The number of hydrogen-bond acceptors (Lipinski definition) is 5. The maximum Gasteiger partial charge on any atom is 0.237 e. The number of fused-ring (bicyclic) bond motifs is 1. The Morgan fingerprint density at radius 2 is 2.19 bits per heavy atom. The molecule has 0 aliphatic rings. The molecular weight excluding hydrogens is 367 g/mol. The molecule has 0 bridgehead atoms. The quantitative estimate of drug-likeness (QED) is 0.628. The Labute approximate surface area is 160 Å². The van der Waals surface area contributed by atoms with Gasteiger partial charge in [0.1, 0.15) is 11.6 Å². The van der Waals surface area contributed by atoms with E-state index in [1.54, 1.807) is 19.2 Å². The Balaban J connectivity index is 1.74. The minimum Gasteiger partial charge on any atom is -0.497 e. The third-order valence-corrected chi connectivity index (χ3v) is 4.75. The number of benzene rings is 2. The fourth-order valence-electron chi connectivity index (χ4n) is 2.58. The zero-order valence-electron chi connectivity index (χ0n) is 14.6. The standard InChI is InChI=1S/C19H17FN4O2S/c1-26-13-7-8-15-16(11-13)23-19(22-15)27-12-18(25)24(10-4-9-21)17-6-3-2-5-14(17)20/h2-3,5-8,11H,4,10,12H2,1H3,(H,22,23). The summed E-state index contributed by atoms with van der Waals surface area (Å²) in [6.07, 6.45) is 0.120. The fraction of sp³-hybridized carbons (Fsp3) is 0.211. The van der Waals surface area contributed by atoms with E-state index in [0.717, 1.165) is 11.0 Å². The molecule has 0 radical (unpaired) electrons. The molecule has 0 atom stereocenters. The molecule has 8 heteroatoms. The topological polar surface area (TPSA) is 82.0 Å². The molecule has 138 valence electrons. The lowest BCUT2D eigenvalue weighted by Crippen LogP contribution is -2.34. The third kappa shape index (κ3) is 4.38. The highest BCUT2D eigenvalue weighted by Crippen LogP contribution is 2.25. The number of aromatic amines is 1. The SMILES string of the molecule is COc1ccc2nc(SCC(=O)N(CCC#N)c3ccccc3F)[nH]c2c1. The third-order valence-electron chi connectivity index (χ3n) is 3.89. The van der Waals surface area contributed by atoms with Gasteiger partial charge >= 0.3 is 0 Å². The predicted molar refractivity (Wildman–Crippen MR) is 102 cm³/mol. The summed E-state index contributed by atoms with van der Waals surface area (Å²) in [5, 5.41) is 9.42. The number of imidazole rings is 1. The van der Waals surface area contributed by atoms with Gasteiger partial charge < -0.3 is 14.6 Å². The van der Waals surface area contributed by atoms with Gasteiger partial charge in [-0.2, -0.15) is 5.26 Å². The van der Waals surface area contributed by atoms with Gasteiger partial charge in [0.15, 0.2) is 5.16 Å². The first-order valence-electron chi connectivity index (χ1n) is 8.21. The van der Waals surface area contributed by atoms with Crippen molar-refractivity contribution in [3.05, 3.63) is 48.3 Å². The second kappa shape index (κ2) is 8.56. The van der Waals surface area contributed by atoms with E-state index in [1.165, 1.54) is 28.8 Å². The molecular formula is C19H17FN4O2S. The number of thioether (sulfide) groups is 1. The molecule has 1 heterocycles. The summed E-state index contributed by atoms with van der Waals surface area (Å²) in [5.74, 6) is -0.0134. The molecule has 27 heavy (non-hydrogen) atoms. The normalized spacial score (nSPS) is 10.6. The second-order valence-corrected chi connectivity index (χ2v) is 6.58. The summed E-state index contributed by atoms with van der Waals surface area (Å²) in [7, 11) is 1.59. The summed E-state index contributed by atoms with van der Waals surface area (Å²) in [5.41, 5.74) is 1.74. The van der Waals surface area contributed by atoms with Crippen LogP contribution < -0.4 is 9.64 Å². The van der Waals surface area contributed by atoms with Crippen molar-refractivity contribution in [2.24, 2.45) is 0 Å². The number of nitrogens with one attached hydrogen (secondary N) is 1. The molecule has 3 aromatic rings. The Kier molecular flexibility index (Phi) is 5.94. The van der Waals surface area contributed by atoms with Gasteiger partial charge in [0.2, 0.25) is 5.91 Å². The van der Waals surface area contributed by atoms with Gasteiger partial charge in [-0.05, 0) is 24.3 Å². The molecule has 1 N–H and O–H groups in total. The predicted octanol–water partition coefficient (Wildman–Crippen LogP) is 3.75. The summed E-state index contributed by atoms with van der Waals surface area (Å²) in [6, 6.07) is 13.5. The Hall–Kier alpha value is -3.05. The average molecular weight is 384 g/mol. The van der Waals surface area contributed by atoms with Crippen LogP contribution in [0.4, 0.5) is 10.1 Å². The largest absolute Gasteiger partial charge is 0.497 e. The first-order chi connectivity index (χ1) is 13.1. The molecule has 0 saturated carbocycles. The van der Waals surface area contributed by atoms with E-state index >= 15 is 0 Å². The number of methoxy groups -OCH3 is 1. The van der Waals surface area contributed by atoms with Crippen molar-refractivity contribution in [1.29, 1.82) is 5.26 Å². The van der Waals surface area contributed by atoms with Crippen molar-refractivity contribution in [3.8, 4) is 11.8 Å². The number of amides is 1. The smallest absolute Gasteiger partial charge is 0.237 e. The molecule has 0 aliphatic carbocycles. The molecule has 0 unspecified atom stereocenters. The van der Waals surface area contributed by atoms with Crippen molar-refractivity contribution in [2.45, 2.75) is 11.6 Å². The molecule has 0 fully saturated rings. The minimum absolute atomic E-state index is 0.0662. The minimum atomic E-state index is -0.496. The summed E-state index contributed by atoms with van der Waals surface area (Å²) in [4.78, 5) is 21.5. The lowest BCUT2D eigenvalue weighted by Gasteiger charge is -2.21. The van der Waals surface area contributed by atoms with Crippen LogP contribution in [0.1, 0.15) is 6.42 Å². The number of para-hydroxylation sites is 1. The van der Waals surface area contributed by atoms with Crippen LogP contribution in [-0.2, 0) is 4.79 Å². The summed E-state index contributed by atoms with van der Waals surface area (Å²) in [6.45, 7) is 0.133. The van der Waals surface area contributed by atoms with E-state index < -0.39 is 5.82 Å². The van der Waals surface area contributed by atoms with Gasteiger partial charge in [-0.1, -0.05) is 23.9 Å². The van der Waals surface area contributed by atoms with E-state index in [9.17, 15) is 9.18 Å². The molecule has 6 nitrogen and oxygen atoms in total. The number of aromatic nitrogens is 2. The van der Waals surface area contributed by atoms with Crippen LogP contribution >= 0.6 is 11.8 Å². The van der Waals surface area contributed by atoms with E-state index in [-0.39, 0.29) is 30.3 Å². The molecule has 0 saturated heterocycles. The van der Waals surface area contributed by atoms with Crippen LogP contribution in [0.25, 0.3) is 11.0 Å². The zero-order chi connectivity index (χ0) is 19.2. The van der Waals surface area contributed by atoms with Crippen molar-refractivity contribution in [3.63, 3.8) is 0 Å². The number of carbonyl (C=O) groups excluding carboxylic acids is 1. The van der Waals surface area contributed by atoms with Crippen molar-refractivity contribution in [1.82, 2.24) is 9.97 Å². The number of H-pyrrole nitrogens is 1. The van der Waals surface area contributed by atoms with Gasteiger partial charge in [-0.3, -0.25) is 4.79 Å². The summed E-state index contributed by atoms with van der Waals surface area (Å²) < 4.78 is 19.3. The van der Waals surface area contributed by atoms with Gasteiger partial charge in [0, 0.05) is 12.6 Å². The molecule has 2 aromatic carbocycles. The number of nitriles is 1. The number of halogens is 1. The molecule has 1 aromatic heterocycles. The number of anilines is 1. The molecule has 1 amide bonds. The molecule has 0 spiro atoms. The molecule has 0 aliphatic heterocycles. The van der Waals surface area contributed by atoms with Gasteiger partial charge in [-0.15, -0.1) is 0 Å². The fourth-order valence-corrected chi connectivity index (χ4v) is 3.34. The Morgan fingerprint density at radius 3 is 2.93 bits per heavy atom. The summed E-state index contributed by atoms with van der Waals surface area (Å²) >= 11 is 1.23. The van der Waals surface area contributed by atoms with Crippen LogP contribution in [0.3, 0.4) is 0 Å². The highest BCUT2D eigenvalue weighted by atomic mass is 32.2. The van der Waals surface area contributed by atoms with Gasteiger partial charge in [0.25, 0.3) is 0 Å². The molecule has 3 rings (SSSR count). The number of carbonyl (C=O) groups is 1. The van der Waals surface area contributed by atoms with Crippen molar-refractivity contribution in [2.75, 3.05) is 24.3 Å². The maximum absolute atomic E-state index is 14.1.